The Morgan fingerprint density at radius 1 is 1.00 bits per heavy atom. The molecular weight excluding hydrogens is 458 g/mol. The molecule has 1 N–H and O–H groups in total. The van der Waals surface area contributed by atoms with Crippen LogP contribution in [0.2, 0.25) is 5.02 Å². The van der Waals surface area contributed by atoms with E-state index in [1.165, 1.54) is 0 Å². The lowest BCUT2D eigenvalue weighted by Gasteiger charge is -2.25. The summed E-state index contributed by atoms with van der Waals surface area (Å²) in [6, 6.07) is 28.2. The van der Waals surface area contributed by atoms with Crippen molar-refractivity contribution in [1.82, 2.24) is 14.7 Å². The number of ether oxygens (including phenoxy) is 1. The summed E-state index contributed by atoms with van der Waals surface area (Å²) >= 11 is 6.07. The van der Waals surface area contributed by atoms with E-state index < -0.39 is 6.10 Å². The standard InChI is InChI=1S/C29H30ClN3O2/c1-32-29(35-26-16-12-23(30)13-17-26)27(28(31-32)22-10-6-3-7-11-22)20-33(24-14-15-24)19-25(34)18-21-8-4-2-5-9-21/h2-13,16-17,24-25,34H,14-15,18-20H2,1H3. The Morgan fingerprint density at radius 2 is 1.66 bits per heavy atom. The maximum Gasteiger partial charge on any atom is 0.222 e. The van der Waals surface area contributed by atoms with Gasteiger partial charge in [-0.05, 0) is 49.1 Å². The highest BCUT2D eigenvalue weighted by atomic mass is 35.5. The summed E-state index contributed by atoms with van der Waals surface area (Å²) in [4.78, 5) is 2.38. The number of rotatable bonds is 10. The fraction of sp³-hybridized carbons (Fsp3) is 0.276. The van der Waals surface area contributed by atoms with Crippen LogP contribution in [0.3, 0.4) is 0 Å². The lowest BCUT2D eigenvalue weighted by Crippen LogP contribution is -2.35. The Hall–Kier alpha value is -3.12. The molecule has 35 heavy (non-hydrogen) atoms. The van der Waals surface area contributed by atoms with Crippen molar-refractivity contribution in [3.8, 4) is 22.9 Å². The first-order valence-corrected chi connectivity index (χ1v) is 12.5. The van der Waals surface area contributed by atoms with Gasteiger partial charge < -0.3 is 9.84 Å². The van der Waals surface area contributed by atoms with Crippen molar-refractivity contribution in [2.45, 2.75) is 38.0 Å². The molecule has 5 nitrogen and oxygen atoms in total. The Morgan fingerprint density at radius 3 is 2.31 bits per heavy atom. The topological polar surface area (TPSA) is 50.5 Å². The summed E-state index contributed by atoms with van der Waals surface area (Å²) < 4.78 is 8.16. The first kappa shape index (κ1) is 23.6. The smallest absolute Gasteiger partial charge is 0.222 e. The molecule has 0 spiro atoms. The SMILES string of the molecule is Cn1nc(-c2ccccc2)c(CN(CC(O)Cc2ccccc2)C2CC2)c1Oc1ccc(Cl)cc1. The van der Waals surface area contributed by atoms with E-state index in [4.69, 9.17) is 21.4 Å². The number of hydrogen-bond acceptors (Lipinski definition) is 4. The molecule has 1 unspecified atom stereocenters. The first-order chi connectivity index (χ1) is 17.1. The maximum atomic E-state index is 10.9. The molecule has 1 atom stereocenters. The van der Waals surface area contributed by atoms with Crippen LogP contribution in [-0.4, -0.2) is 38.5 Å². The van der Waals surface area contributed by atoms with Crippen LogP contribution in [0.5, 0.6) is 11.6 Å². The minimum atomic E-state index is -0.449. The van der Waals surface area contributed by atoms with E-state index in [-0.39, 0.29) is 0 Å². The highest BCUT2D eigenvalue weighted by Gasteiger charge is 2.33. The van der Waals surface area contributed by atoms with Crippen LogP contribution in [0.4, 0.5) is 0 Å². The molecule has 5 rings (SSSR count). The zero-order chi connectivity index (χ0) is 24.2. The summed E-state index contributed by atoms with van der Waals surface area (Å²) in [5.41, 5.74) is 4.12. The summed E-state index contributed by atoms with van der Waals surface area (Å²) in [6.45, 7) is 1.25. The average molecular weight is 488 g/mol. The van der Waals surface area contributed by atoms with Gasteiger partial charge in [0.05, 0.1) is 11.7 Å². The second-order valence-corrected chi connectivity index (χ2v) is 9.62. The number of benzene rings is 3. The van der Waals surface area contributed by atoms with Crippen molar-refractivity contribution in [3.63, 3.8) is 0 Å². The van der Waals surface area contributed by atoms with Gasteiger partial charge in [0.25, 0.3) is 0 Å². The predicted octanol–water partition coefficient (Wildman–Crippen LogP) is 6.10. The van der Waals surface area contributed by atoms with Gasteiger partial charge in [0.2, 0.25) is 5.88 Å². The fourth-order valence-electron chi connectivity index (χ4n) is 4.47. The fourth-order valence-corrected chi connectivity index (χ4v) is 4.60. The minimum absolute atomic E-state index is 0.449. The molecule has 1 heterocycles. The number of aliphatic hydroxyl groups excluding tert-OH is 1. The number of aryl methyl sites for hydroxylation is 1. The lowest BCUT2D eigenvalue weighted by atomic mass is 10.1. The molecule has 1 aliphatic rings. The largest absolute Gasteiger partial charge is 0.439 e. The van der Waals surface area contributed by atoms with Gasteiger partial charge in [0.1, 0.15) is 11.4 Å². The third kappa shape index (κ3) is 5.93. The Kier molecular flexibility index (Phi) is 7.19. The van der Waals surface area contributed by atoms with Gasteiger partial charge in [-0.25, -0.2) is 4.68 Å². The third-order valence-corrected chi connectivity index (χ3v) is 6.60. The van der Waals surface area contributed by atoms with Crippen LogP contribution in [0, 0.1) is 0 Å². The van der Waals surface area contributed by atoms with Gasteiger partial charge in [-0.15, -0.1) is 0 Å². The molecule has 4 aromatic rings. The van der Waals surface area contributed by atoms with E-state index in [9.17, 15) is 5.11 Å². The van der Waals surface area contributed by atoms with Crippen LogP contribution in [0.1, 0.15) is 24.0 Å². The number of halogens is 1. The van der Waals surface area contributed by atoms with E-state index in [1.54, 1.807) is 4.68 Å². The quantitative estimate of drug-likeness (QED) is 0.293. The van der Waals surface area contributed by atoms with Crippen LogP contribution >= 0.6 is 11.6 Å². The van der Waals surface area contributed by atoms with Crippen LogP contribution in [0.25, 0.3) is 11.3 Å². The maximum absolute atomic E-state index is 10.9. The molecule has 0 bridgehead atoms. The zero-order valence-electron chi connectivity index (χ0n) is 19.8. The van der Waals surface area contributed by atoms with Crippen LogP contribution in [-0.2, 0) is 20.0 Å². The zero-order valence-corrected chi connectivity index (χ0v) is 20.6. The molecule has 180 valence electrons. The molecule has 0 aliphatic heterocycles. The normalized spacial score (nSPS) is 14.3. The Balaban J connectivity index is 1.44. The van der Waals surface area contributed by atoms with Crippen molar-refractivity contribution in [1.29, 1.82) is 0 Å². The highest BCUT2D eigenvalue weighted by molar-refractivity contribution is 6.30. The number of nitrogens with zero attached hydrogens (tertiary/aromatic N) is 3. The summed E-state index contributed by atoms with van der Waals surface area (Å²) in [6.07, 6.45) is 2.48. The summed E-state index contributed by atoms with van der Waals surface area (Å²) in [5, 5.41) is 16.5. The van der Waals surface area contributed by atoms with E-state index in [2.05, 4.69) is 29.2 Å². The average Bonchev–Trinajstić information content (AvgIpc) is 3.67. The Labute approximate surface area is 211 Å². The van der Waals surface area contributed by atoms with Gasteiger partial charge in [0.15, 0.2) is 0 Å². The van der Waals surface area contributed by atoms with E-state index in [0.717, 1.165) is 35.2 Å². The van der Waals surface area contributed by atoms with Crippen molar-refractivity contribution in [2.75, 3.05) is 6.54 Å². The number of hydrogen-bond donors (Lipinski definition) is 1. The van der Waals surface area contributed by atoms with E-state index in [0.29, 0.717) is 42.2 Å². The van der Waals surface area contributed by atoms with Gasteiger partial charge in [-0.2, -0.15) is 5.10 Å². The molecule has 6 heteroatoms. The molecular formula is C29H30ClN3O2. The molecule has 0 amide bonds. The predicted molar refractivity (Wildman–Crippen MR) is 140 cm³/mol. The summed E-state index contributed by atoms with van der Waals surface area (Å²) in [5.74, 6) is 1.41. The molecule has 3 aromatic carbocycles. The second kappa shape index (κ2) is 10.6. The summed E-state index contributed by atoms with van der Waals surface area (Å²) in [7, 11) is 1.91. The van der Waals surface area contributed by atoms with Gasteiger partial charge in [0, 0.05) is 36.8 Å². The minimum Gasteiger partial charge on any atom is -0.439 e. The molecule has 0 saturated heterocycles. The number of aliphatic hydroxyl groups is 1. The van der Waals surface area contributed by atoms with Crippen LogP contribution in [0.15, 0.2) is 84.9 Å². The molecule has 1 aliphatic carbocycles. The van der Waals surface area contributed by atoms with Gasteiger partial charge in [-0.3, -0.25) is 4.90 Å². The molecule has 1 aromatic heterocycles. The molecule has 1 saturated carbocycles. The second-order valence-electron chi connectivity index (χ2n) is 9.18. The van der Waals surface area contributed by atoms with E-state index in [1.807, 2.05) is 67.7 Å². The Bertz CT molecular complexity index is 1240. The van der Waals surface area contributed by atoms with Crippen molar-refractivity contribution in [3.05, 3.63) is 101 Å². The van der Waals surface area contributed by atoms with Crippen LogP contribution < -0.4 is 4.74 Å². The van der Waals surface area contributed by atoms with E-state index >= 15 is 0 Å². The van der Waals surface area contributed by atoms with Crippen molar-refractivity contribution < 1.29 is 9.84 Å². The van der Waals surface area contributed by atoms with Crippen molar-refractivity contribution >= 4 is 11.6 Å². The van der Waals surface area contributed by atoms with Gasteiger partial charge in [-0.1, -0.05) is 72.3 Å². The third-order valence-electron chi connectivity index (χ3n) is 6.35. The molecule has 0 radical (unpaired) electrons. The van der Waals surface area contributed by atoms with Gasteiger partial charge >= 0.3 is 0 Å². The number of aromatic nitrogens is 2. The lowest BCUT2D eigenvalue weighted by molar-refractivity contribution is 0.104. The molecule has 1 fully saturated rings. The highest BCUT2D eigenvalue weighted by Crippen LogP contribution is 2.37. The monoisotopic (exact) mass is 487 g/mol. The van der Waals surface area contributed by atoms with Crippen molar-refractivity contribution in [2.24, 2.45) is 7.05 Å². The first-order valence-electron chi connectivity index (χ1n) is 12.1.